The number of amides is 1. The molecule has 1 heterocycles. The summed E-state index contributed by atoms with van der Waals surface area (Å²) in [6.45, 7) is 10.2. The second kappa shape index (κ2) is 10.0. The number of ketones is 1. The minimum atomic E-state index is -0.693. The topological polar surface area (TPSA) is 66.8 Å². The van der Waals surface area contributed by atoms with Gasteiger partial charge in [0.2, 0.25) is 0 Å². The third kappa shape index (κ3) is 5.35. The average molecular weight is 484 g/mol. The first-order valence-corrected chi connectivity index (χ1v) is 12.3. The van der Waals surface area contributed by atoms with Crippen LogP contribution in [0.15, 0.2) is 78.4 Å². The van der Waals surface area contributed by atoms with Gasteiger partial charge in [0.25, 0.3) is 11.7 Å². The first-order valence-electron chi connectivity index (χ1n) is 12.3. The summed E-state index contributed by atoms with van der Waals surface area (Å²) in [5, 5.41) is 11.3. The first-order chi connectivity index (χ1) is 17.1. The maximum Gasteiger partial charge on any atom is 0.295 e. The lowest BCUT2D eigenvalue weighted by Gasteiger charge is -2.26. The molecule has 0 saturated carbocycles. The number of likely N-dealkylation sites (tertiary alicyclic amines) is 1. The molecule has 1 N–H and O–H groups in total. The summed E-state index contributed by atoms with van der Waals surface area (Å²) in [7, 11) is 0. The quantitative estimate of drug-likeness (QED) is 0.252. The molecule has 0 bridgehead atoms. The highest BCUT2D eigenvalue weighted by molar-refractivity contribution is 6.46. The predicted octanol–water partition coefficient (Wildman–Crippen LogP) is 6.36. The molecule has 0 radical (unpaired) electrons. The molecular formula is C31H33NO4. The SMILES string of the molecule is CCc1ccc(/C(O)=C2/C(=O)C(=O)N(Cc3ccc(OC(C)(C)C)cc3)C2c2cccc(C)c2)cc1. The molecule has 1 amide bonds. The van der Waals surface area contributed by atoms with Crippen LogP contribution in [0.2, 0.25) is 0 Å². The zero-order valence-corrected chi connectivity index (χ0v) is 21.5. The number of benzene rings is 3. The van der Waals surface area contributed by atoms with Crippen LogP contribution in [-0.4, -0.2) is 27.3 Å². The predicted molar refractivity (Wildman–Crippen MR) is 142 cm³/mol. The molecule has 0 aromatic heterocycles. The molecule has 0 aliphatic carbocycles. The van der Waals surface area contributed by atoms with Crippen LogP contribution in [0.25, 0.3) is 5.76 Å². The van der Waals surface area contributed by atoms with Crippen molar-refractivity contribution in [3.05, 3.63) is 106 Å². The zero-order valence-electron chi connectivity index (χ0n) is 21.5. The fraction of sp³-hybridized carbons (Fsp3) is 0.290. The lowest BCUT2D eigenvalue weighted by atomic mass is 9.94. The van der Waals surface area contributed by atoms with Gasteiger partial charge in [-0.15, -0.1) is 0 Å². The van der Waals surface area contributed by atoms with E-state index in [1.165, 1.54) is 0 Å². The molecule has 3 aromatic rings. The Morgan fingerprint density at radius 1 is 0.944 bits per heavy atom. The Morgan fingerprint density at radius 3 is 2.17 bits per heavy atom. The Hall–Kier alpha value is -3.86. The summed E-state index contributed by atoms with van der Waals surface area (Å²) in [6, 6.07) is 22.0. The van der Waals surface area contributed by atoms with Crippen molar-refractivity contribution in [3.63, 3.8) is 0 Å². The molecule has 0 spiro atoms. The van der Waals surface area contributed by atoms with Crippen LogP contribution in [0.1, 0.15) is 61.6 Å². The van der Waals surface area contributed by atoms with Crippen LogP contribution < -0.4 is 4.74 Å². The Morgan fingerprint density at radius 2 is 1.58 bits per heavy atom. The van der Waals surface area contributed by atoms with Crippen molar-refractivity contribution in [1.82, 2.24) is 4.90 Å². The smallest absolute Gasteiger partial charge is 0.295 e. The first kappa shape index (κ1) is 25.2. The van der Waals surface area contributed by atoms with Crippen LogP contribution in [0.4, 0.5) is 0 Å². The Labute approximate surface area is 213 Å². The van der Waals surface area contributed by atoms with Gasteiger partial charge < -0.3 is 14.7 Å². The van der Waals surface area contributed by atoms with Crippen molar-refractivity contribution in [1.29, 1.82) is 0 Å². The largest absolute Gasteiger partial charge is 0.507 e. The van der Waals surface area contributed by atoms with Gasteiger partial charge in [0.1, 0.15) is 17.1 Å². The summed E-state index contributed by atoms with van der Waals surface area (Å²) in [5.74, 6) is -0.715. The molecule has 1 unspecified atom stereocenters. The summed E-state index contributed by atoms with van der Waals surface area (Å²) < 4.78 is 5.91. The minimum absolute atomic E-state index is 0.113. The lowest BCUT2D eigenvalue weighted by Crippen LogP contribution is -2.29. The molecule has 4 rings (SSSR count). The highest BCUT2D eigenvalue weighted by atomic mass is 16.5. The van der Waals surface area contributed by atoms with Crippen LogP contribution >= 0.6 is 0 Å². The standard InChI is InChI=1S/C31H33NO4/c1-6-21-10-14-23(15-11-21)28(33)26-27(24-9-7-8-20(2)18-24)32(30(35)29(26)34)19-22-12-16-25(17-13-22)36-31(3,4)5/h7-18,27,33H,6,19H2,1-5H3/b28-26-. The number of carbonyl (C=O) groups excluding carboxylic acids is 2. The maximum absolute atomic E-state index is 13.3. The van der Waals surface area contributed by atoms with Gasteiger partial charge in [0.15, 0.2) is 0 Å². The molecule has 5 nitrogen and oxygen atoms in total. The molecule has 1 atom stereocenters. The van der Waals surface area contributed by atoms with E-state index in [4.69, 9.17) is 4.74 Å². The number of ether oxygens (including phenoxy) is 1. The zero-order chi connectivity index (χ0) is 26.0. The van der Waals surface area contributed by atoms with Crippen molar-refractivity contribution in [2.45, 2.75) is 59.2 Å². The van der Waals surface area contributed by atoms with Crippen LogP contribution in [0, 0.1) is 6.92 Å². The third-order valence-corrected chi connectivity index (χ3v) is 6.23. The minimum Gasteiger partial charge on any atom is -0.507 e. The molecule has 1 aliphatic rings. The van der Waals surface area contributed by atoms with Gasteiger partial charge in [-0.1, -0.05) is 73.2 Å². The number of carbonyl (C=O) groups is 2. The number of hydrogen-bond acceptors (Lipinski definition) is 4. The van der Waals surface area contributed by atoms with Gasteiger partial charge >= 0.3 is 0 Å². The molecular weight excluding hydrogens is 450 g/mol. The van der Waals surface area contributed by atoms with Crippen molar-refractivity contribution >= 4 is 17.4 Å². The fourth-order valence-electron chi connectivity index (χ4n) is 4.50. The van der Waals surface area contributed by atoms with Gasteiger partial charge in [-0.25, -0.2) is 0 Å². The second-order valence-electron chi connectivity index (χ2n) is 10.2. The second-order valence-corrected chi connectivity index (χ2v) is 10.2. The van der Waals surface area contributed by atoms with E-state index in [-0.39, 0.29) is 23.5 Å². The molecule has 1 saturated heterocycles. The summed E-state index contributed by atoms with van der Waals surface area (Å²) >= 11 is 0. The van der Waals surface area contributed by atoms with Crippen LogP contribution in [-0.2, 0) is 22.6 Å². The molecule has 36 heavy (non-hydrogen) atoms. The number of aliphatic hydroxyl groups is 1. The lowest BCUT2D eigenvalue weighted by molar-refractivity contribution is -0.140. The highest BCUT2D eigenvalue weighted by Crippen LogP contribution is 2.40. The molecule has 5 heteroatoms. The average Bonchev–Trinajstić information content (AvgIpc) is 3.09. The van der Waals surface area contributed by atoms with E-state index in [0.717, 1.165) is 34.4 Å². The monoisotopic (exact) mass is 483 g/mol. The van der Waals surface area contributed by atoms with Gasteiger partial charge in [-0.3, -0.25) is 9.59 Å². The van der Waals surface area contributed by atoms with E-state index in [1.54, 1.807) is 17.0 Å². The van der Waals surface area contributed by atoms with Crippen molar-refractivity contribution in [3.8, 4) is 5.75 Å². The van der Waals surface area contributed by atoms with E-state index < -0.39 is 17.7 Å². The molecule has 186 valence electrons. The number of hydrogen-bond donors (Lipinski definition) is 1. The Bertz CT molecular complexity index is 1300. The number of aliphatic hydroxyl groups excluding tert-OH is 1. The third-order valence-electron chi connectivity index (χ3n) is 6.23. The van der Waals surface area contributed by atoms with Gasteiger partial charge in [0, 0.05) is 12.1 Å². The Kier molecular flexibility index (Phi) is 7.02. The number of nitrogens with zero attached hydrogens (tertiary/aromatic N) is 1. The van der Waals surface area contributed by atoms with Crippen LogP contribution in [0.3, 0.4) is 0 Å². The maximum atomic E-state index is 13.3. The van der Waals surface area contributed by atoms with E-state index in [9.17, 15) is 14.7 Å². The van der Waals surface area contributed by atoms with E-state index in [0.29, 0.717) is 5.56 Å². The van der Waals surface area contributed by atoms with E-state index >= 15 is 0 Å². The van der Waals surface area contributed by atoms with E-state index in [2.05, 4.69) is 6.92 Å². The van der Waals surface area contributed by atoms with E-state index in [1.807, 2.05) is 88.4 Å². The normalized spacial score (nSPS) is 17.5. The van der Waals surface area contributed by atoms with Gasteiger partial charge in [0.05, 0.1) is 11.6 Å². The van der Waals surface area contributed by atoms with Crippen molar-refractivity contribution in [2.24, 2.45) is 0 Å². The van der Waals surface area contributed by atoms with Gasteiger partial charge in [-0.2, -0.15) is 0 Å². The fourth-order valence-corrected chi connectivity index (χ4v) is 4.50. The summed E-state index contributed by atoms with van der Waals surface area (Å²) in [6.07, 6.45) is 0.869. The number of aryl methyl sites for hydroxylation is 2. The number of rotatable bonds is 6. The highest BCUT2D eigenvalue weighted by Gasteiger charge is 2.46. The summed E-state index contributed by atoms with van der Waals surface area (Å²) in [5.41, 5.74) is 4.10. The molecule has 1 fully saturated rings. The molecule has 1 aliphatic heterocycles. The molecule has 3 aromatic carbocycles. The summed E-state index contributed by atoms with van der Waals surface area (Å²) in [4.78, 5) is 28.1. The van der Waals surface area contributed by atoms with Crippen molar-refractivity contribution < 1.29 is 19.4 Å². The number of Topliss-reactive ketones (excluding diaryl/α,β-unsaturated/α-hetero) is 1. The Balaban J connectivity index is 1.75. The van der Waals surface area contributed by atoms with Crippen molar-refractivity contribution in [2.75, 3.05) is 0 Å². The van der Waals surface area contributed by atoms with Crippen LogP contribution in [0.5, 0.6) is 5.75 Å². The van der Waals surface area contributed by atoms with Gasteiger partial charge in [-0.05, 0) is 62.9 Å².